The maximum Gasteiger partial charge on any atom is 0.331 e. The molecule has 4 nitrogen and oxygen atoms in total. The Morgan fingerprint density at radius 1 is 1.22 bits per heavy atom. The third-order valence-corrected chi connectivity index (χ3v) is 3.99. The summed E-state index contributed by atoms with van der Waals surface area (Å²) in [6.07, 6.45) is 2.75. The van der Waals surface area contributed by atoms with Gasteiger partial charge >= 0.3 is 5.97 Å². The molecule has 23 heavy (non-hydrogen) atoms. The molecule has 0 N–H and O–H groups in total. The summed E-state index contributed by atoms with van der Waals surface area (Å²) in [4.78, 5) is 29.6. The molecule has 0 saturated carbocycles. The van der Waals surface area contributed by atoms with Gasteiger partial charge in [0.1, 0.15) is 5.71 Å². The molecule has 1 aromatic rings. The van der Waals surface area contributed by atoms with Gasteiger partial charge in [-0.15, -0.1) is 11.8 Å². The van der Waals surface area contributed by atoms with Crippen molar-refractivity contribution in [2.24, 2.45) is 16.5 Å². The lowest BCUT2D eigenvalue weighted by molar-refractivity contribution is -0.140. The van der Waals surface area contributed by atoms with Crippen molar-refractivity contribution in [3.63, 3.8) is 0 Å². The Balaban J connectivity index is 3.09. The van der Waals surface area contributed by atoms with Crippen LogP contribution in [0.15, 0.2) is 34.3 Å². The predicted molar refractivity (Wildman–Crippen MR) is 95.0 cm³/mol. The summed E-state index contributed by atoms with van der Waals surface area (Å²) in [7, 11) is 0. The average Bonchev–Trinajstić information content (AvgIpc) is 2.45. The van der Waals surface area contributed by atoms with Gasteiger partial charge in [-0.05, 0) is 42.4 Å². The van der Waals surface area contributed by atoms with E-state index in [1.807, 2.05) is 25.3 Å². The average molecular weight is 335 g/mol. The fraction of sp³-hybridized carbons (Fsp3) is 0.500. The fourth-order valence-corrected chi connectivity index (χ4v) is 2.78. The number of thioether (sulfide) groups is 1. The number of rotatable bonds is 6. The maximum atomic E-state index is 12.8. The minimum absolute atomic E-state index is 0.0411. The molecule has 1 rings (SSSR count). The van der Waals surface area contributed by atoms with E-state index in [2.05, 4.69) is 25.9 Å². The van der Waals surface area contributed by atoms with E-state index in [-0.39, 0.29) is 22.8 Å². The topological polar surface area (TPSA) is 55.7 Å². The third kappa shape index (κ3) is 6.57. The number of oxime groups is 1. The first kappa shape index (κ1) is 19.4. The number of hydrogen-bond acceptors (Lipinski definition) is 5. The summed E-state index contributed by atoms with van der Waals surface area (Å²) >= 11 is 1.62. The number of Topliss-reactive ketones (excluding diaryl/α,β-unsaturated/α-hetero) is 1. The Hall–Kier alpha value is -1.62. The second kappa shape index (κ2) is 8.29. The van der Waals surface area contributed by atoms with Crippen LogP contribution in [0.25, 0.3) is 0 Å². The van der Waals surface area contributed by atoms with Crippen molar-refractivity contribution in [2.75, 3.05) is 6.26 Å². The zero-order valence-electron chi connectivity index (χ0n) is 14.7. The molecule has 1 atom stereocenters. The van der Waals surface area contributed by atoms with Crippen molar-refractivity contribution in [2.45, 2.75) is 45.9 Å². The van der Waals surface area contributed by atoms with Gasteiger partial charge in [0.15, 0.2) is 0 Å². The summed E-state index contributed by atoms with van der Waals surface area (Å²) in [5.74, 6) is -0.839. The summed E-state index contributed by atoms with van der Waals surface area (Å²) in [5.41, 5.74) is 0.876. The molecule has 0 fully saturated rings. The standard InChI is InChI=1S/C18H25NO3S/c1-12(11-18(3,4)5)16(19-22-13(2)20)17(21)14-7-9-15(23-6)10-8-14/h7-10,12H,11H2,1-6H3. The van der Waals surface area contributed by atoms with Crippen LogP contribution >= 0.6 is 11.8 Å². The maximum absolute atomic E-state index is 12.8. The van der Waals surface area contributed by atoms with Crippen LogP contribution in [0.3, 0.4) is 0 Å². The molecule has 1 unspecified atom stereocenters. The first-order chi connectivity index (χ1) is 10.6. The molecular formula is C18H25NO3S. The van der Waals surface area contributed by atoms with Crippen molar-refractivity contribution in [3.05, 3.63) is 29.8 Å². The molecule has 0 spiro atoms. The van der Waals surface area contributed by atoms with E-state index in [1.165, 1.54) is 6.92 Å². The van der Waals surface area contributed by atoms with Crippen molar-refractivity contribution in [3.8, 4) is 0 Å². The molecule has 0 aliphatic heterocycles. The quantitative estimate of drug-likeness (QED) is 0.251. The van der Waals surface area contributed by atoms with Crippen LogP contribution in [0.4, 0.5) is 0 Å². The number of carbonyl (C=O) groups excluding carboxylic acids is 2. The normalized spacial score (nSPS) is 13.6. The Kier molecular flexibility index (Phi) is 7.01. The van der Waals surface area contributed by atoms with Gasteiger partial charge in [-0.1, -0.05) is 32.9 Å². The first-order valence-corrected chi connectivity index (χ1v) is 8.80. The van der Waals surface area contributed by atoms with Gasteiger partial charge in [-0.3, -0.25) is 4.79 Å². The molecule has 0 radical (unpaired) electrons. The highest BCUT2D eigenvalue weighted by atomic mass is 32.2. The Labute approximate surface area is 142 Å². The Morgan fingerprint density at radius 3 is 2.22 bits per heavy atom. The highest BCUT2D eigenvalue weighted by Crippen LogP contribution is 2.26. The predicted octanol–water partition coefficient (Wildman–Crippen LogP) is 4.58. The molecule has 0 amide bonds. The van der Waals surface area contributed by atoms with E-state index >= 15 is 0 Å². The van der Waals surface area contributed by atoms with Crippen LogP contribution in [0.2, 0.25) is 0 Å². The van der Waals surface area contributed by atoms with Crippen LogP contribution in [-0.2, 0) is 9.63 Å². The summed E-state index contributed by atoms with van der Waals surface area (Å²) in [6, 6.07) is 7.36. The van der Waals surface area contributed by atoms with Crippen molar-refractivity contribution in [1.82, 2.24) is 0 Å². The molecule has 0 heterocycles. The molecule has 1 aromatic carbocycles. The number of hydrogen-bond donors (Lipinski definition) is 0. The van der Waals surface area contributed by atoms with Crippen LogP contribution in [-0.4, -0.2) is 23.7 Å². The summed E-state index contributed by atoms with van der Waals surface area (Å²) < 4.78 is 0. The van der Waals surface area contributed by atoms with Gasteiger partial charge in [-0.25, -0.2) is 4.79 Å². The zero-order valence-corrected chi connectivity index (χ0v) is 15.5. The first-order valence-electron chi connectivity index (χ1n) is 7.58. The van der Waals surface area contributed by atoms with E-state index in [1.54, 1.807) is 23.9 Å². The van der Waals surface area contributed by atoms with Gasteiger partial charge in [-0.2, -0.15) is 0 Å². The van der Waals surface area contributed by atoms with E-state index in [4.69, 9.17) is 4.84 Å². The van der Waals surface area contributed by atoms with Gasteiger partial charge in [0, 0.05) is 23.3 Å². The molecule has 0 bridgehead atoms. The monoisotopic (exact) mass is 335 g/mol. The largest absolute Gasteiger partial charge is 0.331 e. The second-order valence-electron chi connectivity index (χ2n) is 6.78. The van der Waals surface area contributed by atoms with E-state index < -0.39 is 5.97 Å². The molecule has 0 aromatic heterocycles. The molecular weight excluding hydrogens is 310 g/mol. The zero-order chi connectivity index (χ0) is 17.6. The highest BCUT2D eigenvalue weighted by molar-refractivity contribution is 7.98. The number of ketones is 1. The van der Waals surface area contributed by atoms with Crippen LogP contribution in [0.5, 0.6) is 0 Å². The van der Waals surface area contributed by atoms with Crippen LogP contribution < -0.4 is 0 Å². The molecule has 5 heteroatoms. The molecule has 0 aliphatic carbocycles. The molecule has 0 saturated heterocycles. The van der Waals surface area contributed by atoms with Crippen molar-refractivity contribution >= 4 is 29.2 Å². The lowest BCUT2D eigenvalue weighted by atomic mass is 9.82. The van der Waals surface area contributed by atoms with Gasteiger partial charge in [0.2, 0.25) is 5.78 Å². The van der Waals surface area contributed by atoms with E-state index in [9.17, 15) is 9.59 Å². The van der Waals surface area contributed by atoms with Crippen molar-refractivity contribution in [1.29, 1.82) is 0 Å². The molecule has 0 aliphatic rings. The lowest BCUT2D eigenvalue weighted by Crippen LogP contribution is -2.26. The Morgan fingerprint density at radius 2 is 1.78 bits per heavy atom. The van der Waals surface area contributed by atoms with E-state index in [0.717, 1.165) is 11.3 Å². The van der Waals surface area contributed by atoms with Crippen LogP contribution in [0.1, 0.15) is 51.4 Å². The smallest absolute Gasteiger partial charge is 0.318 e. The minimum atomic E-state index is -0.531. The van der Waals surface area contributed by atoms with Gasteiger partial charge in [0.05, 0.1) is 0 Å². The SMILES string of the molecule is CSc1ccc(C(=O)C(=NOC(C)=O)C(C)CC(C)(C)C)cc1. The van der Waals surface area contributed by atoms with Gasteiger partial charge < -0.3 is 4.84 Å². The van der Waals surface area contributed by atoms with E-state index in [0.29, 0.717) is 5.56 Å². The number of carbonyl (C=O) groups is 2. The number of benzene rings is 1. The van der Waals surface area contributed by atoms with Crippen LogP contribution in [0, 0.1) is 11.3 Å². The van der Waals surface area contributed by atoms with Gasteiger partial charge in [0.25, 0.3) is 0 Å². The lowest BCUT2D eigenvalue weighted by Gasteiger charge is -2.23. The van der Waals surface area contributed by atoms with Crippen molar-refractivity contribution < 1.29 is 14.4 Å². The number of nitrogens with zero attached hydrogens (tertiary/aromatic N) is 1. The fourth-order valence-electron chi connectivity index (χ4n) is 2.37. The summed E-state index contributed by atoms with van der Waals surface area (Å²) in [5, 5.41) is 3.84. The minimum Gasteiger partial charge on any atom is -0.318 e. The Bertz CT molecular complexity index is 585. The highest BCUT2D eigenvalue weighted by Gasteiger charge is 2.26. The summed E-state index contributed by atoms with van der Waals surface area (Å²) in [6.45, 7) is 9.51. The molecule has 126 valence electrons. The third-order valence-electron chi connectivity index (χ3n) is 3.24. The second-order valence-corrected chi connectivity index (χ2v) is 7.66.